The predicted molar refractivity (Wildman–Crippen MR) is 298 cm³/mol. The number of amides is 2. The molecule has 2 amide bonds. The van der Waals surface area contributed by atoms with Crippen molar-refractivity contribution in [1.29, 1.82) is 0 Å². The topological polar surface area (TPSA) is 239 Å². The van der Waals surface area contributed by atoms with Crippen LogP contribution in [0.3, 0.4) is 0 Å². The zero-order valence-corrected chi connectivity index (χ0v) is 44.5. The maximum atomic E-state index is 13.1. The average Bonchev–Trinajstić information content (AvgIpc) is 3.45. The number of benzene rings is 1. The first-order chi connectivity index (χ1) is 38.5. The Bertz CT molecular complexity index is 2860. The SMILES string of the molecule is C#CC#CC#CC#CC#CC#CC#CC#CC#CC#CC#CC#CCC(=O)N[C@@H](CO[C@H]1OC(COCCCCCCNC(=O)Oc2ccc([N+](=O)[O-])cc2)[C@H](O)[C@H](O)C1O)[C@H](O)[C@H](O)CCCCCCCCCCCCCC. The molecule has 16 nitrogen and oxygen atoms in total. The molecule has 1 heterocycles. The Balaban J connectivity index is 1.92. The van der Waals surface area contributed by atoms with Gasteiger partial charge in [-0.15, -0.1) is 6.42 Å². The Kier molecular flexibility index (Phi) is 38.0. The van der Waals surface area contributed by atoms with E-state index in [2.05, 4.69) is 154 Å². The van der Waals surface area contributed by atoms with Gasteiger partial charge in [0.25, 0.3) is 5.69 Å². The van der Waals surface area contributed by atoms with Crippen LogP contribution in [0.1, 0.15) is 122 Å². The van der Waals surface area contributed by atoms with Gasteiger partial charge in [-0.25, -0.2) is 4.79 Å². The number of terminal acetylenes is 1. The molecule has 1 aliphatic rings. The number of unbranched alkanes of at least 4 members (excludes halogenated alkanes) is 14. The molecule has 1 aromatic rings. The van der Waals surface area contributed by atoms with Crippen LogP contribution < -0.4 is 15.4 Å². The molecule has 7 N–H and O–H groups in total. The van der Waals surface area contributed by atoms with E-state index in [1.807, 2.05) is 0 Å². The Morgan fingerprint density at radius 3 is 1.66 bits per heavy atom. The molecular weight excluding hydrogens is 1010 g/mol. The van der Waals surface area contributed by atoms with Gasteiger partial charge in [-0.05, 0) is 126 Å². The third kappa shape index (κ3) is 33.5. The van der Waals surface area contributed by atoms with Crippen LogP contribution in [0.2, 0.25) is 0 Å². The van der Waals surface area contributed by atoms with Crippen LogP contribution in [0, 0.1) is 153 Å². The normalized spacial score (nSPS) is 16.2. The highest BCUT2D eigenvalue weighted by molar-refractivity contribution is 5.79. The van der Waals surface area contributed by atoms with Crippen molar-refractivity contribution in [2.24, 2.45) is 0 Å². The van der Waals surface area contributed by atoms with Crippen molar-refractivity contribution >= 4 is 17.7 Å². The molecule has 412 valence electrons. The minimum atomic E-state index is -1.71. The van der Waals surface area contributed by atoms with E-state index in [1.54, 1.807) is 0 Å². The number of nitrogens with zero attached hydrogens (tertiary/aromatic N) is 1. The van der Waals surface area contributed by atoms with Gasteiger partial charge in [0.15, 0.2) is 6.29 Å². The fraction of sp³-hybridized carbons (Fsp3) is 0.492. The number of nitro groups is 1. The second kappa shape index (κ2) is 44.8. The fourth-order valence-electron chi connectivity index (χ4n) is 7.16. The quantitative estimate of drug-likeness (QED) is 0.0236. The van der Waals surface area contributed by atoms with E-state index in [0.29, 0.717) is 25.8 Å². The van der Waals surface area contributed by atoms with Crippen molar-refractivity contribution in [3.63, 3.8) is 0 Å². The lowest BCUT2D eigenvalue weighted by Gasteiger charge is -2.40. The van der Waals surface area contributed by atoms with Gasteiger partial charge in [0.05, 0.1) is 36.7 Å². The average molecular weight is 1070 g/mol. The van der Waals surface area contributed by atoms with E-state index in [-0.39, 0.29) is 37.5 Å². The number of non-ortho nitro benzene ring substituents is 1. The number of hydrogen-bond donors (Lipinski definition) is 7. The van der Waals surface area contributed by atoms with Crippen LogP contribution in [0.4, 0.5) is 10.5 Å². The lowest BCUT2D eigenvalue weighted by Crippen LogP contribution is -2.60. The molecular formula is C63H67N3O13. The number of nitro benzene ring substituents is 1. The fourth-order valence-corrected chi connectivity index (χ4v) is 7.16. The van der Waals surface area contributed by atoms with Gasteiger partial charge in [-0.3, -0.25) is 14.9 Å². The summed E-state index contributed by atoms with van der Waals surface area (Å²) in [4.78, 5) is 35.4. The first-order valence-electron chi connectivity index (χ1n) is 26.2. The lowest BCUT2D eigenvalue weighted by molar-refractivity contribution is -0.384. The minimum absolute atomic E-state index is 0.122. The number of rotatable bonds is 31. The van der Waals surface area contributed by atoms with Gasteiger partial charge in [-0.1, -0.05) is 103 Å². The molecule has 79 heavy (non-hydrogen) atoms. The summed E-state index contributed by atoms with van der Waals surface area (Å²) in [6.45, 7) is 2.19. The number of nitrogens with one attached hydrogen (secondary N) is 2. The molecule has 0 spiro atoms. The second-order valence-corrected chi connectivity index (χ2v) is 17.4. The van der Waals surface area contributed by atoms with E-state index in [4.69, 9.17) is 25.4 Å². The number of aliphatic hydroxyl groups is 5. The molecule has 0 aromatic heterocycles. The predicted octanol–water partition coefficient (Wildman–Crippen LogP) is 4.44. The van der Waals surface area contributed by atoms with Crippen molar-refractivity contribution in [2.45, 2.75) is 171 Å². The third-order valence-electron chi connectivity index (χ3n) is 11.3. The molecule has 0 aliphatic carbocycles. The van der Waals surface area contributed by atoms with Gasteiger partial charge < -0.3 is 55.1 Å². The van der Waals surface area contributed by atoms with E-state index in [0.717, 1.165) is 38.5 Å². The minimum Gasteiger partial charge on any atom is -0.410 e. The standard InChI is InChI=1S/C63H67N3O13/c1-3-5-7-9-11-13-15-17-18-19-20-21-22-23-24-25-26-27-29-31-33-35-39-43-57(68)65-54(58(69)55(67)42-38-34-32-30-28-16-14-12-10-8-6-4-2)50-77-62-61(72)60(71)59(70)56(79-62)51-76-49-41-37-36-40-48-64-63(73)78-53-46-44-52(45-47-53)66(74)75/h1,44-47,54-56,58-62,67,69-72H,4,6,8,10,12,14,16,28,30,32,34,36-38,40-43,48-51H2,2H3,(H,64,73)(H,65,68)/t54-,55+,56?,58-,59-,60-,61?,62-/m0/s1. The van der Waals surface area contributed by atoms with Crippen LogP contribution in [0.15, 0.2) is 24.3 Å². The summed E-state index contributed by atoms with van der Waals surface area (Å²) in [7, 11) is 0. The number of carbonyl (C=O) groups excluding carboxylic acids is 2. The molecule has 1 fully saturated rings. The summed E-state index contributed by atoms with van der Waals surface area (Å²) < 4.78 is 22.5. The van der Waals surface area contributed by atoms with E-state index >= 15 is 0 Å². The van der Waals surface area contributed by atoms with Crippen molar-refractivity contribution in [3.05, 3.63) is 34.4 Å². The third-order valence-corrected chi connectivity index (χ3v) is 11.3. The molecule has 0 bridgehead atoms. The molecule has 2 unspecified atom stereocenters. The Morgan fingerprint density at radius 2 is 1.14 bits per heavy atom. The molecule has 2 rings (SSSR count). The molecule has 1 aliphatic heterocycles. The number of hydrogen-bond acceptors (Lipinski definition) is 13. The highest BCUT2D eigenvalue weighted by Crippen LogP contribution is 2.24. The summed E-state index contributed by atoms with van der Waals surface area (Å²) in [5.41, 5.74) is -0.122. The van der Waals surface area contributed by atoms with Gasteiger partial charge >= 0.3 is 6.09 Å². The Hall–Kier alpha value is -8.24. The second-order valence-electron chi connectivity index (χ2n) is 17.4. The number of ether oxygens (including phenoxy) is 4. The van der Waals surface area contributed by atoms with Crippen molar-refractivity contribution in [3.8, 4) is 148 Å². The number of carbonyl (C=O) groups is 2. The van der Waals surface area contributed by atoms with Gasteiger partial charge in [0.2, 0.25) is 5.91 Å². The van der Waals surface area contributed by atoms with E-state index in [9.17, 15) is 45.2 Å². The van der Waals surface area contributed by atoms with Gasteiger partial charge in [-0.2, -0.15) is 0 Å². The lowest BCUT2D eigenvalue weighted by atomic mass is 9.98. The van der Waals surface area contributed by atoms with Crippen LogP contribution in [0.25, 0.3) is 0 Å². The van der Waals surface area contributed by atoms with E-state index < -0.39 is 72.5 Å². The summed E-state index contributed by atoms with van der Waals surface area (Å²) in [6.07, 6.45) is 10.2. The molecule has 16 heteroatoms. The maximum absolute atomic E-state index is 13.1. The van der Waals surface area contributed by atoms with E-state index in [1.165, 1.54) is 69.2 Å². The molecule has 0 saturated carbocycles. The summed E-state index contributed by atoms with van der Waals surface area (Å²) >= 11 is 0. The zero-order chi connectivity index (χ0) is 57.4. The summed E-state index contributed by atoms with van der Waals surface area (Å²) in [5, 5.41) is 70.7. The highest BCUT2D eigenvalue weighted by Gasteiger charge is 2.45. The highest BCUT2D eigenvalue weighted by atomic mass is 16.7. The first-order valence-corrected chi connectivity index (χ1v) is 26.2. The monoisotopic (exact) mass is 1070 g/mol. The molecule has 8 atom stereocenters. The Morgan fingerprint density at radius 1 is 0.658 bits per heavy atom. The van der Waals surface area contributed by atoms with Gasteiger partial charge in [0, 0.05) is 60.8 Å². The number of aliphatic hydroxyl groups excluding tert-OH is 5. The van der Waals surface area contributed by atoms with Crippen LogP contribution >= 0.6 is 0 Å². The zero-order valence-electron chi connectivity index (χ0n) is 44.5. The van der Waals surface area contributed by atoms with Crippen molar-refractivity contribution in [2.75, 3.05) is 26.4 Å². The summed E-state index contributed by atoms with van der Waals surface area (Å²) in [5.74, 6) is 56.2. The summed E-state index contributed by atoms with van der Waals surface area (Å²) in [6, 6.07) is 3.92. The Labute approximate surface area is 466 Å². The van der Waals surface area contributed by atoms with Crippen LogP contribution in [0.5, 0.6) is 5.75 Å². The molecule has 0 radical (unpaired) electrons. The van der Waals surface area contributed by atoms with Crippen LogP contribution in [-0.4, -0.2) is 118 Å². The first kappa shape index (κ1) is 66.9. The largest absolute Gasteiger partial charge is 0.412 e. The smallest absolute Gasteiger partial charge is 0.410 e. The van der Waals surface area contributed by atoms with Crippen molar-refractivity contribution < 1.29 is 59.0 Å². The van der Waals surface area contributed by atoms with Crippen molar-refractivity contribution in [1.82, 2.24) is 10.6 Å². The van der Waals surface area contributed by atoms with Crippen LogP contribution in [-0.2, 0) is 19.0 Å². The molecule has 1 saturated heterocycles. The maximum Gasteiger partial charge on any atom is 0.412 e. The molecule has 1 aromatic carbocycles. The van der Waals surface area contributed by atoms with Gasteiger partial charge in [0.1, 0.15) is 36.3 Å².